The molecule has 0 spiro atoms. The molecule has 1 aromatic carbocycles. The molecule has 1 heterocycles. The topological polar surface area (TPSA) is 81.8 Å². The van der Waals surface area contributed by atoms with Gasteiger partial charge in [0.2, 0.25) is 17.7 Å². The molecule has 9 heteroatoms. The van der Waals surface area contributed by atoms with Crippen molar-refractivity contribution < 1.29 is 18.8 Å². The van der Waals surface area contributed by atoms with Crippen molar-refractivity contribution in [3.8, 4) is 0 Å². The molecule has 30 heavy (non-hydrogen) atoms. The fourth-order valence-electron chi connectivity index (χ4n) is 3.41. The van der Waals surface area contributed by atoms with Crippen LogP contribution in [0.4, 0.5) is 10.1 Å². The average Bonchev–Trinajstić information content (AvgIpc) is 3.58. The Kier molecular flexibility index (Phi) is 8.09. The summed E-state index contributed by atoms with van der Waals surface area (Å²) >= 11 is 1.66. The lowest BCUT2D eigenvalue weighted by Gasteiger charge is -2.36. The molecule has 7 nitrogen and oxygen atoms in total. The third kappa shape index (κ3) is 6.70. The summed E-state index contributed by atoms with van der Waals surface area (Å²) in [5.74, 6) is 0.323. The number of rotatable bonds is 9. The average molecular weight is 437 g/mol. The second kappa shape index (κ2) is 10.8. The summed E-state index contributed by atoms with van der Waals surface area (Å²) in [7, 11) is 0. The molecule has 164 valence electrons. The van der Waals surface area contributed by atoms with Gasteiger partial charge >= 0.3 is 0 Å². The molecule has 2 aliphatic rings. The van der Waals surface area contributed by atoms with Crippen LogP contribution in [-0.2, 0) is 14.4 Å². The van der Waals surface area contributed by atoms with E-state index in [-0.39, 0.29) is 36.0 Å². The quantitative estimate of drug-likeness (QED) is 0.614. The van der Waals surface area contributed by atoms with Gasteiger partial charge in [-0.2, -0.15) is 11.8 Å². The summed E-state index contributed by atoms with van der Waals surface area (Å²) in [6, 6.07) is 5.17. The largest absolute Gasteiger partial charge is 0.344 e. The second-order valence-corrected chi connectivity index (χ2v) is 8.76. The highest BCUT2D eigenvalue weighted by Crippen LogP contribution is 2.29. The van der Waals surface area contributed by atoms with E-state index in [1.807, 2.05) is 11.2 Å². The first kappa shape index (κ1) is 22.6. The molecular weight excluding hydrogens is 407 g/mol. The van der Waals surface area contributed by atoms with Gasteiger partial charge in [-0.3, -0.25) is 19.3 Å². The molecule has 2 N–H and O–H groups in total. The Morgan fingerprint density at radius 1 is 1.13 bits per heavy atom. The van der Waals surface area contributed by atoms with Gasteiger partial charge in [0.05, 0.1) is 6.54 Å². The summed E-state index contributed by atoms with van der Waals surface area (Å²) in [6.45, 7) is 2.45. The molecule has 1 aromatic rings. The molecule has 1 saturated heterocycles. The van der Waals surface area contributed by atoms with Gasteiger partial charge in [-0.25, -0.2) is 4.39 Å². The zero-order chi connectivity index (χ0) is 21.5. The van der Waals surface area contributed by atoms with Crippen molar-refractivity contribution in [3.63, 3.8) is 0 Å². The van der Waals surface area contributed by atoms with Crippen LogP contribution in [0.3, 0.4) is 0 Å². The normalized spacial score (nSPS) is 18.0. The Bertz CT molecular complexity index is 749. The van der Waals surface area contributed by atoms with Crippen LogP contribution in [0.25, 0.3) is 0 Å². The number of amides is 3. The van der Waals surface area contributed by atoms with Gasteiger partial charge in [0.25, 0.3) is 0 Å². The molecule has 0 bridgehead atoms. The van der Waals surface area contributed by atoms with Crippen LogP contribution < -0.4 is 10.6 Å². The maximum Gasteiger partial charge on any atom is 0.245 e. The lowest BCUT2D eigenvalue weighted by molar-refractivity contribution is -0.138. The van der Waals surface area contributed by atoms with E-state index in [2.05, 4.69) is 10.6 Å². The summed E-state index contributed by atoms with van der Waals surface area (Å²) < 4.78 is 13.0. The first-order chi connectivity index (χ1) is 14.5. The zero-order valence-electron chi connectivity index (χ0n) is 17.2. The van der Waals surface area contributed by atoms with E-state index in [1.54, 1.807) is 16.7 Å². The van der Waals surface area contributed by atoms with Crippen molar-refractivity contribution >= 4 is 35.2 Å². The molecule has 3 amide bonds. The standard InChI is InChI=1S/C21H29FN4O3S/c1-30-13-8-18(24-20(28)15-2-3-15)21(29)26-11-9-25(10-12-26)14-19(27)23-17-6-4-16(22)5-7-17/h4-7,15,18H,2-3,8-14H2,1H3,(H,23,27)(H,24,28)/t18-/m1/s1. The van der Waals surface area contributed by atoms with Crippen LogP contribution in [0.1, 0.15) is 19.3 Å². The monoisotopic (exact) mass is 436 g/mol. The van der Waals surface area contributed by atoms with E-state index < -0.39 is 6.04 Å². The highest BCUT2D eigenvalue weighted by molar-refractivity contribution is 7.98. The number of hydrogen-bond donors (Lipinski definition) is 2. The molecule has 0 radical (unpaired) electrons. The van der Waals surface area contributed by atoms with Crippen LogP contribution in [0.15, 0.2) is 24.3 Å². The number of carbonyl (C=O) groups excluding carboxylic acids is 3. The molecule has 1 saturated carbocycles. The van der Waals surface area contributed by atoms with E-state index in [4.69, 9.17) is 0 Å². The van der Waals surface area contributed by atoms with Gasteiger partial charge in [0, 0.05) is 37.8 Å². The molecular formula is C21H29FN4O3S. The fourth-order valence-corrected chi connectivity index (χ4v) is 3.88. The minimum Gasteiger partial charge on any atom is -0.344 e. The SMILES string of the molecule is CSCC[C@@H](NC(=O)C1CC1)C(=O)N1CCN(CC(=O)Nc2ccc(F)cc2)CC1. The lowest BCUT2D eigenvalue weighted by atomic mass is 10.1. The van der Waals surface area contributed by atoms with Crippen molar-refractivity contribution in [1.29, 1.82) is 0 Å². The first-order valence-electron chi connectivity index (χ1n) is 10.3. The number of halogens is 1. The van der Waals surface area contributed by atoms with Gasteiger partial charge in [0.15, 0.2) is 0 Å². The first-order valence-corrected chi connectivity index (χ1v) is 11.7. The number of piperazine rings is 1. The maximum atomic E-state index is 13.0. The number of benzene rings is 1. The van der Waals surface area contributed by atoms with Crippen LogP contribution in [0, 0.1) is 11.7 Å². The van der Waals surface area contributed by atoms with Gasteiger partial charge in [-0.15, -0.1) is 0 Å². The van der Waals surface area contributed by atoms with Crippen molar-refractivity contribution in [1.82, 2.24) is 15.1 Å². The van der Waals surface area contributed by atoms with E-state index >= 15 is 0 Å². The van der Waals surface area contributed by atoms with Crippen molar-refractivity contribution in [2.45, 2.75) is 25.3 Å². The van der Waals surface area contributed by atoms with Crippen molar-refractivity contribution in [2.75, 3.05) is 50.0 Å². The Morgan fingerprint density at radius 2 is 1.80 bits per heavy atom. The summed E-state index contributed by atoms with van der Waals surface area (Å²) in [5, 5.41) is 5.69. The van der Waals surface area contributed by atoms with Crippen LogP contribution in [-0.4, -0.2) is 78.3 Å². The number of anilines is 1. The van der Waals surface area contributed by atoms with Crippen LogP contribution in [0.5, 0.6) is 0 Å². The van der Waals surface area contributed by atoms with Gasteiger partial charge in [-0.05, 0) is 55.5 Å². The third-order valence-electron chi connectivity index (χ3n) is 5.35. The summed E-state index contributed by atoms with van der Waals surface area (Å²) in [4.78, 5) is 41.1. The van der Waals surface area contributed by atoms with Gasteiger partial charge in [-0.1, -0.05) is 0 Å². The highest BCUT2D eigenvalue weighted by atomic mass is 32.2. The molecule has 3 rings (SSSR count). The van der Waals surface area contributed by atoms with Crippen LogP contribution >= 0.6 is 11.8 Å². The minimum absolute atomic E-state index is 0.00875. The molecule has 2 fully saturated rings. The number of nitrogens with one attached hydrogen (secondary N) is 2. The van der Waals surface area contributed by atoms with Crippen molar-refractivity contribution in [2.24, 2.45) is 5.92 Å². The summed E-state index contributed by atoms with van der Waals surface area (Å²) in [5.41, 5.74) is 0.554. The number of nitrogens with zero attached hydrogens (tertiary/aromatic N) is 2. The third-order valence-corrected chi connectivity index (χ3v) is 6.00. The predicted octanol–water partition coefficient (Wildman–Crippen LogP) is 1.56. The van der Waals surface area contributed by atoms with Crippen LogP contribution in [0.2, 0.25) is 0 Å². The Labute approximate surface area is 180 Å². The number of thioether (sulfide) groups is 1. The Hall–Kier alpha value is -2.13. The zero-order valence-corrected chi connectivity index (χ0v) is 18.0. The van der Waals surface area contributed by atoms with Gasteiger partial charge in [0.1, 0.15) is 11.9 Å². The second-order valence-electron chi connectivity index (χ2n) is 7.77. The molecule has 1 aliphatic heterocycles. The smallest absolute Gasteiger partial charge is 0.245 e. The molecule has 1 aliphatic carbocycles. The van der Waals surface area contributed by atoms with E-state index in [9.17, 15) is 18.8 Å². The van der Waals surface area contributed by atoms with Gasteiger partial charge < -0.3 is 15.5 Å². The van der Waals surface area contributed by atoms with E-state index in [0.717, 1.165) is 18.6 Å². The predicted molar refractivity (Wildman–Crippen MR) is 116 cm³/mol. The summed E-state index contributed by atoms with van der Waals surface area (Å²) in [6.07, 6.45) is 4.43. The molecule has 0 aromatic heterocycles. The van der Waals surface area contributed by atoms with E-state index in [1.165, 1.54) is 24.3 Å². The highest BCUT2D eigenvalue weighted by Gasteiger charge is 2.34. The minimum atomic E-state index is -0.473. The number of carbonyl (C=O) groups is 3. The molecule has 1 atom stereocenters. The number of hydrogen-bond acceptors (Lipinski definition) is 5. The van der Waals surface area contributed by atoms with E-state index in [0.29, 0.717) is 38.3 Å². The maximum absolute atomic E-state index is 13.0. The molecule has 0 unspecified atom stereocenters. The Morgan fingerprint density at radius 3 is 2.40 bits per heavy atom. The fraction of sp³-hybridized carbons (Fsp3) is 0.571. The lowest BCUT2D eigenvalue weighted by Crippen LogP contribution is -2.56. The Balaban J connectivity index is 1.45. The van der Waals surface area contributed by atoms with Crippen molar-refractivity contribution in [3.05, 3.63) is 30.1 Å².